The third-order valence-electron chi connectivity index (χ3n) is 3.46. The highest BCUT2D eigenvalue weighted by Crippen LogP contribution is 2.30. The molecule has 1 aliphatic rings. The van der Waals surface area contributed by atoms with Gasteiger partial charge in [0.05, 0.1) is 29.4 Å². The number of thiazole rings is 1. The van der Waals surface area contributed by atoms with Crippen molar-refractivity contribution in [3.63, 3.8) is 0 Å². The molecule has 1 amide bonds. The van der Waals surface area contributed by atoms with Crippen molar-refractivity contribution in [2.75, 3.05) is 19.0 Å². The standard InChI is InChI=1S/C14H15F2N3O2S.ClH/c1-21-6-8-3-2-4-10-11(8)18-13(22-10)19-12(20)9-5-14(15,16)7-17-9;/h2-4,9,17H,5-7H2,1H3,(H,18,19,20);1H. The number of rotatable bonds is 4. The van der Waals surface area contributed by atoms with Gasteiger partial charge in [0.25, 0.3) is 5.92 Å². The fourth-order valence-electron chi connectivity index (χ4n) is 2.42. The molecule has 2 N–H and O–H groups in total. The van der Waals surface area contributed by atoms with E-state index >= 15 is 0 Å². The van der Waals surface area contributed by atoms with Crippen molar-refractivity contribution in [2.45, 2.75) is 25.0 Å². The first-order valence-electron chi connectivity index (χ1n) is 6.78. The number of para-hydroxylation sites is 1. The zero-order valence-electron chi connectivity index (χ0n) is 12.3. The summed E-state index contributed by atoms with van der Waals surface area (Å²) >= 11 is 1.31. The van der Waals surface area contributed by atoms with Gasteiger partial charge >= 0.3 is 0 Å². The van der Waals surface area contributed by atoms with Crippen LogP contribution in [-0.2, 0) is 16.1 Å². The smallest absolute Gasteiger partial charge is 0.262 e. The number of alkyl halides is 2. The van der Waals surface area contributed by atoms with Crippen molar-refractivity contribution < 1.29 is 18.3 Å². The third kappa shape index (κ3) is 3.95. The van der Waals surface area contributed by atoms with Gasteiger partial charge in [0.2, 0.25) is 5.91 Å². The van der Waals surface area contributed by atoms with E-state index in [2.05, 4.69) is 15.6 Å². The molecule has 9 heteroatoms. The van der Waals surface area contributed by atoms with Gasteiger partial charge in [-0.2, -0.15) is 0 Å². The van der Waals surface area contributed by atoms with Crippen LogP contribution in [0.2, 0.25) is 0 Å². The van der Waals surface area contributed by atoms with Crippen molar-refractivity contribution in [3.05, 3.63) is 23.8 Å². The molecule has 1 saturated heterocycles. The Morgan fingerprint density at radius 2 is 2.35 bits per heavy atom. The Labute approximate surface area is 141 Å². The topological polar surface area (TPSA) is 63.2 Å². The zero-order valence-corrected chi connectivity index (χ0v) is 13.9. The van der Waals surface area contributed by atoms with Crippen molar-refractivity contribution in [2.24, 2.45) is 0 Å². The number of benzene rings is 1. The Kier molecular flexibility index (Phi) is 5.51. The molecule has 0 aliphatic carbocycles. The van der Waals surface area contributed by atoms with Crippen LogP contribution in [0, 0.1) is 0 Å². The molecule has 1 fully saturated rings. The first kappa shape index (κ1) is 18.0. The number of carbonyl (C=O) groups is 1. The van der Waals surface area contributed by atoms with Crippen LogP contribution in [0.5, 0.6) is 0 Å². The fourth-order valence-corrected chi connectivity index (χ4v) is 3.34. The summed E-state index contributed by atoms with van der Waals surface area (Å²) in [5.74, 6) is -3.31. The lowest BCUT2D eigenvalue weighted by molar-refractivity contribution is -0.118. The number of anilines is 1. The van der Waals surface area contributed by atoms with Gasteiger partial charge < -0.3 is 10.1 Å². The van der Waals surface area contributed by atoms with Gasteiger partial charge in [-0.05, 0) is 6.07 Å². The first-order chi connectivity index (χ1) is 10.5. The molecule has 0 saturated carbocycles. The number of methoxy groups -OCH3 is 1. The van der Waals surface area contributed by atoms with Crippen LogP contribution >= 0.6 is 23.7 Å². The van der Waals surface area contributed by atoms with Gasteiger partial charge in [-0.15, -0.1) is 12.4 Å². The second-order valence-corrected chi connectivity index (χ2v) is 6.23. The molecule has 0 bridgehead atoms. The quantitative estimate of drug-likeness (QED) is 0.876. The molecule has 5 nitrogen and oxygen atoms in total. The summed E-state index contributed by atoms with van der Waals surface area (Å²) < 4.78 is 32.3. The van der Waals surface area contributed by atoms with E-state index in [1.54, 1.807) is 7.11 Å². The third-order valence-corrected chi connectivity index (χ3v) is 4.39. The Balaban J connectivity index is 0.00000192. The number of amides is 1. The van der Waals surface area contributed by atoms with Crippen LogP contribution in [0.15, 0.2) is 18.2 Å². The molecule has 2 aromatic rings. The number of halogens is 3. The molecule has 126 valence electrons. The Morgan fingerprint density at radius 3 is 3.00 bits per heavy atom. The van der Waals surface area contributed by atoms with Crippen LogP contribution in [-0.4, -0.2) is 36.5 Å². The number of fused-ring (bicyclic) bond motifs is 1. The van der Waals surface area contributed by atoms with E-state index in [1.165, 1.54) is 11.3 Å². The second kappa shape index (κ2) is 7.04. The van der Waals surface area contributed by atoms with Gasteiger partial charge in [0.1, 0.15) is 0 Å². The largest absolute Gasteiger partial charge is 0.380 e. The SMILES string of the molecule is COCc1cccc2sc(NC(=O)C3CC(F)(F)CN3)nc12.Cl. The molecular formula is C14H16ClF2N3O2S. The Hall–Kier alpha value is -1.35. The first-order valence-corrected chi connectivity index (χ1v) is 7.59. The summed E-state index contributed by atoms with van der Waals surface area (Å²) in [7, 11) is 1.60. The summed E-state index contributed by atoms with van der Waals surface area (Å²) in [5.41, 5.74) is 1.68. The number of hydrogen-bond donors (Lipinski definition) is 2. The van der Waals surface area contributed by atoms with E-state index in [9.17, 15) is 13.6 Å². The predicted molar refractivity (Wildman–Crippen MR) is 87.6 cm³/mol. The van der Waals surface area contributed by atoms with Gasteiger partial charge in [0.15, 0.2) is 5.13 Å². The van der Waals surface area contributed by atoms with Crippen molar-refractivity contribution >= 4 is 45.0 Å². The summed E-state index contributed by atoms with van der Waals surface area (Å²) in [6.45, 7) is -0.0478. The molecular weight excluding hydrogens is 348 g/mol. The summed E-state index contributed by atoms with van der Waals surface area (Å²) in [6, 6.07) is 4.79. The summed E-state index contributed by atoms with van der Waals surface area (Å²) in [6.07, 6.45) is -0.487. The second-order valence-electron chi connectivity index (χ2n) is 5.20. The van der Waals surface area contributed by atoms with E-state index in [-0.39, 0.29) is 12.4 Å². The molecule has 1 aliphatic heterocycles. The van der Waals surface area contributed by atoms with Crippen LogP contribution < -0.4 is 10.6 Å². The Morgan fingerprint density at radius 1 is 1.57 bits per heavy atom. The van der Waals surface area contributed by atoms with E-state index < -0.39 is 30.8 Å². The van der Waals surface area contributed by atoms with Crippen LogP contribution in [0.1, 0.15) is 12.0 Å². The lowest BCUT2D eigenvalue weighted by Gasteiger charge is -2.08. The molecule has 23 heavy (non-hydrogen) atoms. The van der Waals surface area contributed by atoms with Gasteiger partial charge in [-0.1, -0.05) is 23.5 Å². The van der Waals surface area contributed by atoms with E-state index in [4.69, 9.17) is 4.74 Å². The number of aromatic nitrogens is 1. The van der Waals surface area contributed by atoms with Crippen molar-refractivity contribution in [1.29, 1.82) is 0 Å². The minimum absolute atomic E-state index is 0. The summed E-state index contributed by atoms with van der Waals surface area (Å²) in [5, 5.41) is 5.54. The van der Waals surface area contributed by atoms with Gasteiger partial charge in [0, 0.05) is 19.1 Å². The maximum absolute atomic E-state index is 13.1. The average Bonchev–Trinajstić information content (AvgIpc) is 3.02. The fraction of sp³-hybridized carbons (Fsp3) is 0.429. The van der Waals surface area contributed by atoms with Crippen LogP contribution in [0.4, 0.5) is 13.9 Å². The van der Waals surface area contributed by atoms with Crippen LogP contribution in [0.25, 0.3) is 10.2 Å². The maximum atomic E-state index is 13.1. The highest BCUT2D eigenvalue weighted by molar-refractivity contribution is 7.22. The Bertz CT molecular complexity index is 710. The monoisotopic (exact) mass is 363 g/mol. The molecule has 1 atom stereocenters. The lowest BCUT2D eigenvalue weighted by Crippen LogP contribution is -2.35. The molecule has 2 heterocycles. The molecule has 1 aromatic carbocycles. The van der Waals surface area contributed by atoms with E-state index in [0.29, 0.717) is 11.7 Å². The number of nitrogens with one attached hydrogen (secondary N) is 2. The van der Waals surface area contributed by atoms with Gasteiger partial charge in [-0.3, -0.25) is 10.1 Å². The minimum atomic E-state index is -2.83. The van der Waals surface area contributed by atoms with Crippen molar-refractivity contribution in [1.82, 2.24) is 10.3 Å². The minimum Gasteiger partial charge on any atom is -0.380 e. The number of nitrogens with zero attached hydrogens (tertiary/aromatic N) is 1. The highest BCUT2D eigenvalue weighted by atomic mass is 35.5. The average molecular weight is 364 g/mol. The lowest BCUT2D eigenvalue weighted by atomic mass is 10.2. The maximum Gasteiger partial charge on any atom is 0.262 e. The zero-order chi connectivity index (χ0) is 15.7. The van der Waals surface area contributed by atoms with E-state index in [1.807, 2.05) is 18.2 Å². The normalized spacial score (nSPS) is 19.5. The van der Waals surface area contributed by atoms with Gasteiger partial charge in [-0.25, -0.2) is 13.8 Å². The molecule has 1 aromatic heterocycles. The molecule has 0 radical (unpaired) electrons. The van der Waals surface area contributed by atoms with Crippen LogP contribution in [0.3, 0.4) is 0 Å². The summed E-state index contributed by atoms with van der Waals surface area (Å²) in [4.78, 5) is 16.4. The van der Waals surface area contributed by atoms with Crippen molar-refractivity contribution in [3.8, 4) is 0 Å². The molecule has 3 rings (SSSR count). The predicted octanol–water partition coefficient (Wildman–Crippen LogP) is 2.80. The number of ether oxygens (including phenoxy) is 1. The number of hydrogen-bond acceptors (Lipinski definition) is 5. The number of carbonyl (C=O) groups excluding carboxylic acids is 1. The van der Waals surface area contributed by atoms with E-state index in [0.717, 1.165) is 15.8 Å². The highest BCUT2D eigenvalue weighted by Gasteiger charge is 2.42. The molecule has 1 unspecified atom stereocenters. The molecule has 0 spiro atoms.